The summed E-state index contributed by atoms with van der Waals surface area (Å²) in [6.07, 6.45) is 1.08. The molecule has 1 aromatic heterocycles. The van der Waals surface area contributed by atoms with Crippen molar-refractivity contribution in [1.82, 2.24) is 9.97 Å². The van der Waals surface area contributed by atoms with Gasteiger partial charge in [-0.3, -0.25) is 14.9 Å². The maximum absolute atomic E-state index is 11.9. The third kappa shape index (κ3) is 5.57. The van der Waals surface area contributed by atoms with Gasteiger partial charge in [0.25, 0.3) is 0 Å². The Bertz CT molecular complexity index is 1150. The first kappa shape index (κ1) is 25.1. The van der Waals surface area contributed by atoms with Crippen molar-refractivity contribution in [3.8, 4) is 17.2 Å². The summed E-state index contributed by atoms with van der Waals surface area (Å²) in [7, 11) is 4.46. The Kier molecular flexibility index (Phi) is 8.35. The lowest BCUT2D eigenvalue weighted by Gasteiger charge is -2.15. The second-order valence-electron chi connectivity index (χ2n) is 6.45. The van der Waals surface area contributed by atoms with Crippen LogP contribution < -0.4 is 24.8 Å². The van der Waals surface area contributed by atoms with Crippen LogP contribution in [0.25, 0.3) is 0 Å². The number of Topliss-reactive ketones (excluding diaryl/α,β-unsaturated/α-hetero) is 1. The molecule has 0 saturated heterocycles. The summed E-state index contributed by atoms with van der Waals surface area (Å²) >= 11 is 0. The zero-order valence-corrected chi connectivity index (χ0v) is 19.1. The van der Waals surface area contributed by atoms with E-state index < -0.39 is 4.92 Å². The van der Waals surface area contributed by atoms with Crippen molar-refractivity contribution in [2.45, 2.75) is 6.92 Å². The Morgan fingerprint density at radius 2 is 1.67 bits per heavy atom. The summed E-state index contributed by atoms with van der Waals surface area (Å²) < 4.78 is 16.0. The van der Waals surface area contributed by atoms with Crippen LogP contribution in [0.4, 0.5) is 28.8 Å². The fraction of sp³-hybridized carbons (Fsp3) is 0.190. The summed E-state index contributed by atoms with van der Waals surface area (Å²) in [6, 6.07) is 9.95. The van der Waals surface area contributed by atoms with Gasteiger partial charge in [0.1, 0.15) is 6.20 Å². The number of halogens is 1. The average Bonchev–Trinajstić information content (AvgIpc) is 2.78. The van der Waals surface area contributed by atoms with Gasteiger partial charge in [0, 0.05) is 23.4 Å². The van der Waals surface area contributed by atoms with Gasteiger partial charge in [-0.1, -0.05) is 12.1 Å². The molecule has 3 rings (SSSR count). The largest absolute Gasteiger partial charge is 0.493 e. The number of hydrogen-bond acceptors (Lipinski definition) is 10. The van der Waals surface area contributed by atoms with Crippen molar-refractivity contribution < 1.29 is 23.9 Å². The number of carbonyl (C=O) groups is 1. The molecule has 12 heteroatoms. The highest BCUT2D eigenvalue weighted by Crippen LogP contribution is 2.40. The highest BCUT2D eigenvalue weighted by Gasteiger charge is 2.20. The van der Waals surface area contributed by atoms with Crippen LogP contribution in [0.3, 0.4) is 0 Å². The number of anilines is 4. The van der Waals surface area contributed by atoms with Crippen molar-refractivity contribution in [2.24, 2.45) is 0 Å². The number of ether oxygens (including phenoxy) is 3. The number of methoxy groups -OCH3 is 3. The minimum atomic E-state index is -0.609. The smallest absolute Gasteiger partial charge is 0.329 e. The molecule has 33 heavy (non-hydrogen) atoms. The number of ketones is 1. The molecule has 0 spiro atoms. The normalized spacial score (nSPS) is 9.94. The van der Waals surface area contributed by atoms with Gasteiger partial charge < -0.3 is 24.8 Å². The monoisotopic (exact) mass is 475 g/mol. The van der Waals surface area contributed by atoms with Gasteiger partial charge in [0.2, 0.25) is 17.5 Å². The number of para-hydroxylation sites is 1. The van der Waals surface area contributed by atoms with E-state index in [0.29, 0.717) is 34.2 Å². The number of aromatic nitrogens is 2. The average molecular weight is 476 g/mol. The van der Waals surface area contributed by atoms with Crippen molar-refractivity contribution >= 4 is 47.0 Å². The summed E-state index contributed by atoms with van der Waals surface area (Å²) in [6.45, 7) is 1.41. The van der Waals surface area contributed by atoms with E-state index in [1.807, 2.05) is 0 Å². The van der Waals surface area contributed by atoms with Gasteiger partial charge in [0.05, 0.1) is 31.9 Å². The number of nitrogens with zero attached hydrogens (tertiary/aromatic N) is 3. The zero-order valence-electron chi connectivity index (χ0n) is 18.2. The zero-order chi connectivity index (χ0) is 23.3. The second-order valence-corrected chi connectivity index (χ2v) is 6.45. The van der Waals surface area contributed by atoms with E-state index >= 15 is 0 Å². The van der Waals surface area contributed by atoms with Gasteiger partial charge in [0.15, 0.2) is 17.3 Å². The van der Waals surface area contributed by atoms with Crippen LogP contribution in [-0.4, -0.2) is 42.0 Å². The molecule has 11 nitrogen and oxygen atoms in total. The van der Waals surface area contributed by atoms with Crippen molar-refractivity contribution in [3.63, 3.8) is 0 Å². The summed E-state index contributed by atoms with van der Waals surface area (Å²) in [5.74, 6) is 1.03. The number of benzene rings is 2. The first-order chi connectivity index (χ1) is 15.4. The van der Waals surface area contributed by atoms with Crippen LogP contribution in [0.2, 0.25) is 0 Å². The predicted octanol–water partition coefficient (Wildman–Crippen LogP) is 4.52. The van der Waals surface area contributed by atoms with Crippen LogP contribution in [0.15, 0.2) is 42.6 Å². The number of nitrogens with one attached hydrogen (secondary N) is 2. The molecule has 3 aromatic rings. The maximum atomic E-state index is 11.9. The topological polar surface area (TPSA) is 138 Å². The Morgan fingerprint density at radius 3 is 2.21 bits per heavy atom. The standard InChI is InChI=1S/C21H21N5O6.ClH/c1-12(27)14-7-5-6-8-15(14)24-20-16(26(28)29)11-22-21(25-20)23-13-9-17(30-2)19(32-4)18(10-13)31-3;/h5-11H,1-4H3,(H2,22,23,24,25);1H. The molecule has 0 unspecified atom stereocenters. The molecule has 0 saturated carbocycles. The summed E-state index contributed by atoms with van der Waals surface area (Å²) in [5.41, 5.74) is 0.919. The Labute approximate surface area is 195 Å². The molecule has 0 aliphatic carbocycles. The summed E-state index contributed by atoms with van der Waals surface area (Å²) in [4.78, 5) is 31.0. The fourth-order valence-corrected chi connectivity index (χ4v) is 2.97. The van der Waals surface area contributed by atoms with Gasteiger partial charge >= 0.3 is 5.69 Å². The molecule has 2 N–H and O–H groups in total. The van der Waals surface area contributed by atoms with Crippen molar-refractivity contribution in [3.05, 3.63) is 58.3 Å². The van der Waals surface area contributed by atoms with Gasteiger partial charge in [-0.2, -0.15) is 4.98 Å². The van der Waals surface area contributed by atoms with E-state index in [9.17, 15) is 14.9 Å². The van der Waals surface area contributed by atoms with Crippen LogP contribution >= 0.6 is 12.4 Å². The second kappa shape index (κ2) is 11.0. The number of carbonyl (C=O) groups excluding carboxylic acids is 1. The SMILES string of the molecule is COc1cc(Nc2ncc([N+](=O)[O-])c(Nc3ccccc3C(C)=O)n2)cc(OC)c1OC.Cl. The van der Waals surface area contributed by atoms with Crippen LogP contribution in [0.5, 0.6) is 17.2 Å². The first-order valence-electron chi connectivity index (χ1n) is 9.33. The van der Waals surface area contributed by atoms with E-state index in [-0.39, 0.29) is 35.6 Å². The molecule has 0 radical (unpaired) electrons. The van der Waals surface area contributed by atoms with Gasteiger partial charge in [-0.05, 0) is 19.1 Å². The molecule has 0 fully saturated rings. The first-order valence-corrected chi connectivity index (χ1v) is 9.33. The Balaban J connectivity index is 0.00000385. The van der Waals surface area contributed by atoms with Crippen LogP contribution in [0, 0.1) is 10.1 Å². The van der Waals surface area contributed by atoms with Gasteiger partial charge in [-0.15, -0.1) is 12.4 Å². The van der Waals surface area contributed by atoms with Crippen LogP contribution in [-0.2, 0) is 0 Å². The van der Waals surface area contributed by atoms with E-state index in [0.717, 1.165) is 6.20 Å². The maximum Gasteiger partial charge on any atom is 0.329 e. The number of nitro groups is 1. The van der Waals surface area contributed by atoms with E-state index in [2.05, 4.69) is 20.6 Å². The summed E-state index contributed by atoms with van der Waals surface area (Å²) in [5, 5.41) is 17.3. The van der Waals surface area contributed by atoms with E-state index in [4.69, 9.17) is 14.2 Å². The Morgan fingerprint density at radius 1 is 1.03 bits per heavy atom. The lowest BCUT2D eigenvalue weighted by atomic mass is 10.1. The minimum Gasteiger partial charge on any atom is -0.493 e. The third-order valence-corrected chi connectivity index (χ3v) is 4.45. The van der Waals surface area contributed by atoms with Crippen molar-refractivity contribution in [1.29, 1.82) is 0 Å². The molecular formula is C21H22ClN5O6. The molecule has 0 bridgehead atoms. The molecule has 0 aliphatic heterocycles. The van der Waals surface area contributed by atoms with E-state index in [1.165, 1.54) is 28.3 Å². The van der Waals surface area contributed by atoms with Gasteiger partial charge in [-0.25, -0.2) is 4.98 Å². The van der Waals surface area contributed by atoms with Crippen LogP contribution in [0.1, 0.15) is 17.3 Å². The molecule has 2 aromatic carbocycles. The van der Waals surface area contributed by atoms with E-state index in [1.54, 1.807) is 36.4 Å². The highest BCUT2D eigenvalue weighted by molar-refractivity contribution is 6.00. The molecular weight excluding hydrogens is 454 g/mol. The molecule has 0 aliphatic rings. The fourth-order valence-electron chi connectivity index (χ4n) is 2.97. The minimum absolute atomic E-state index is 0. The highest BCUT2D eigenvalue weighted by atomic mass is 35.5. The molecule has 1 heterocycles. The number of hydrogen-bond donors (Lipinski definition) is 2. The molecule has 0 amide bonds. The third-order valence-electron chi connectivity index (χ3n) is 4.45. The quantitative estimate of drug-likeness (QED) is 0.258. The lowest BCUT2D eigenvalue weighted by Crippen LogP contribution is -2.07. The molecule has 0 atom stereocenters. The molecule has 174 valence electrons. The predicted molar refractivity (Wildman–Crippen MR) is 125 cm³/mol. The number of rotatable bonds is 9. The Hall–Kier alpha value is -4.12. The van der Waals surface area contributed by atoms with Crippen molar-refractivity contribution in [2.75, 3.05) is 32.0 Å². The lowest BCUT2D eigenvalue weighted by molar-refractivity contribution is -0.384.